The Hall–Kier alpha value is -3.44. The van der Waals surface area contributed by atoms with Crippen molar-refractivity contribution in [3.8, 4) is 22.5 Å². The minimum absolute atomic E-state index is 0.420. The molecule has 164 valence electrons. The maximum absolute atomic E-state index is 6.80. The quantitative estimate of drug-likeness (QED) is 0.322. The fourth-order valence-corrected chi connectivity index (χ4v) is 5.28. The molecule has 1 aliphatic carbocycles. The summed E-state index contributed by atoms with van der Waals surface area (Å²) in [6.07, 6.45) is 9.77. The highest BCUT2D eigenvalue weighted by Gasteiger charge is 2.25. The molecule has 3 heterocycles. The molecule has 0 aliphatic heterocycles. The van der Waals surface area contributed by atoms with E-state index in [0.29, 0.717) is 16.8 Å². The van der Waals surface area contributed by atoms with E-state index in [4.69, 9.17) is 27.3 Å². The van der Waals surface area contributed by atoms with E-state index in [2.05, 4.69) is 27.6 Å². The van der Waals surface area contributed by atoms with E-state index >= 15 is 0 Å². The van der Waals surface area contributed by atoms with Crippen molar-refractivity contribution in [2.75, 3.05) is 5.73 Å². The van der Waals surface area contributed by atoms with E-state index in [1.807, 2.05) is 42.6 Å². The highest BCUT2D eigenvalue weighted by Crippen LogP contribution is 2.39. The Bertz CT molecular complexity index is 1470. The molecule has 0 saturated heterocycles. The molecule has 2 N–H and O–H groups in total. The Balaban J connectivity index is 1.55. The number of hydrogen-bond acceptors (Lipinski definition) is 4. The number of imidazole rings is 1. The van der Waals surface area contributed by atoms with Crippen molar-refractivity contribution in [2.45, 2.75) is 38.0 Å². The van der Waals surface area contributed by atoms with Crippen LogP contribution in [-0.4, -0.2) is 19.4 Å². The van der Waals surface area contributed by atoms with Crippen LogP contribution in [0.2, 0.25) is 5.02 Å². The molecule has 6 heteroatoms. The molecule has 0 unspecified atom stereocenters. The number of anilines is 1. The first kappa shape index (κ1) is 20.2. The summed E-state index contributed by atoms with van der Waals surface area (Å²) in [7, 11) is 0. The van der Waals surface area contributed by atoms with Gasteiger partial charge in [-0.25, -0.2) is 15.0 Å². The zero-order valence-corrected chi connectivity index (χ0v) is 19.0. The van der Waals surface area contributed by atoms with E-state index in [9.17, 15) is 0 Å². The maximum Gasteiger partial charge on any atom is 0.150 e. The SMILES string of the molecule is Nc1nccn2c(C3CCCCC3)nc(-c3cc4nc(-c5ccccc5)ccc4cc3Cl)c12. The number of aromatic nitrogens is 4. The number of nitrogens with zero attached hydrogens (tertiary/aromatic N) is 4. The van der Waals surface area contributed by atoms with E-state index < -0.39 is 0 Å². The molecular weight excluding hydrogens is 430 g/mol. The summed E-state index contributed by atoms with van der Waals surface area (Å²) < 4.78 is 2.11. The van der Waals surface area contributed by atoms with Crippen LogP contribution in [0, 0.1) is 0 Å². The van der Waals surface area contributed by atoms with Gasteiger partial charge < -0.3 is 5.73 Å². The molecular formula is C27H24ClN5. The summed E-state index contributed by atoms with van der Waals surface area (Å²) in [4.78, 5) is 14.4. The van der Waals surface area contributed by atoms with Gasteiger partial charge in [0, 0.05) is 34.8 Å². The van der Waals surface area contributed by atoms with Crippen molar-refractivity contribution in [3.63, 3.8) is 0 Å². The van der Waals surface area contributed by atoms with Crippen molar-refractivity contribution in [2.24, 2.45) is 0 Å². The first-order valence-electron chi connectivity index (χ1n) is 11.5. The number of nitrogen functional groups attached to an aromatic ring is 1. The molecule has 2 aromatic carbocycles. The Kier molecular flexibility index (Phi) is 4.99. The summed E-state index contributed by atoms with van der Waals surface area (Å²) in [6, 6.07) is 18.3. The largest absolute Gasteiger partial charge is 0.382 e. The van der Waals surface area contributed by atoms with Gasteiger partial charge in [-0.2, -0.15) is 0 Å². The molecule has 0 atom stereocenters. The lowest BCUT2D eigenvalue weighted by molar-refractivity contribution is 0.428. The number of nitrogens with two attached hydrogens (primary N) is 1. The number of rotatable bonds is 3. The van der Waals surface area contributed by atoms with Gasteiger partial charge in [-0.1, -0.05) is 67.3 Å². The third-order valence-electron chi connectivity index (χ3n) is 6.68. The Morgan fingerprint density at radius 3 is 2.58 bits per heavy atom. The van der Waals surface area contributed by atoms with Crippen LogP contribution in [0.5, 0.6) is 0 Å². The van der Waals surface area contributed by atoms with Crippen molar-refractivity contribution < 1.29 is 0 Å². The van der Waals surface area contributed by atoms with E-state index in [1.165, 1.54) is 19.3 Å². The predicted molar refractivity (Wildman–Crippen MR) is 134 cm³/mol. The van der Waals surface area contributed by atoms with Crippen molar-refractivity contribution >= 4 is 33.8 Å². The molecule has 33 heavy (non-hydrogen) atoms. The number of halogens is 1. The topological polar surface area (TPSA) is 69.1 Å². The molecule has 6 rings (SSSR count). The van der Waals surface area contributed by atoms with Crippen LogP contribution in [0.4, 0.5) is 5.82 Å². The van der Waals surface area contributed by atoms with Gasteiger partial charge >= 0.3 is 0 Å². The zero-order valence-electron chi connectivity index (χ0n) is 18.2. The molecule has 1 aliphatic rings. The number of fused-ring (bicyclic) bond motifs is 2. The molecule has 0 spiro atoms. The fraction of sp³-hybridized carbons (Fsp3) is 0.222. The van der Waals surface area contributed by atoms with Crippen LogP contribution in [0.3, 0.4) is 0 Å². The fourth-order valence-electron chi connectivity index (χ4n) is 5.02. The van der Waals surface area contributed by atoms with Crippen molar-refractivity contribution in [3.05, 3.63) is 77.8 Å². The molecule has 3 aromatic heterocycles. The normalized spacial score (nSPS) is 14.8. The maximum atomic E-state index is 6.80. The first-order chi connectivity index (χ1) is 16.2. The highest BCUT2D eigenvalue weighted by molar-refractivity contribution is 6.34. The lowest BCUT2D eigenvalue weighted by atomic mass is 9.89. The highest BCUT2D eigenvalue weighted by atomic mass is 35.5. The summed E-state index contributed by atoms with van der Waals surface area (Å²) in [6.45, 7) is 0. The Morgan fingerprint density at radius 2 is 1.76 bits per heavy atom. The lowest BCUT2D eigenvalue weighted by Gasteiger charge is -2.20. The predicted octanol–water partition coefficient (Wildman–Crippen LogP) is 6.89. The van der Waals surface area contributed by atoms with Gasteiger partial charge in [-0.3, -0.25) is 4.40 Å². The van der Waals surface area contributed by atoms with Crippen LogP contribution in [0.1, 0.15) is 43.8 Å². The minimum Gasteiger partial charge on any atom is -0.382 e. The summed E-state index contributed by atoms with van der Waals surface area (Å²) in [5.41, 5.74) is 11.7. The van der Waals surface area contributed by atoms with Crippen LogP contribution in [-0.2, 0) is 0 Å². The second kappa shape index (κ2) is 8.16. The number of pyridine rings is 1. The Labute approximate surface area is 197 Å². The standard InChI is InChI=1S/C27H24ClN5/c28-21-15-19-11-12-22(17-7-3-1-4-8-17)31-23(19)16-20(21)24-25-26(29)30-13-14-33(25)27(32-24)18-9-5-2-6-10-18/h1,3-4,7-8,11-16,18H,2,5-6,9-10H2,(H2,29,30). The smallest absolute Gasteiger partial charge is 0.150 e. The summed E-state index contributed by atoms with van der Waals surface area (Å²) in [5.74, 6) is 1.93. The second-order valence-corrected chi connectivity index (χ2v) is 9.18. The third kappa shape index (κ3) is 3.53. The van der Waals surface area contributed by atoms with E-state index in [1.54, 1.807) is 6.20 Å². The monoisotopic (exact) mass is 453 g/mol. The molecule has 5 aromatic rings. The van der Waals surface area contributed by atoms with Crippen molar-refractivity contribution in [1.29, 1.82) is 0 Å². The zero-order chi connectivity index (χ0) is 22.4. The van der Waals surface area contributed by atoms with Gasteiger partial charge in [0.05, 0.1) is 16.2 Å². The Morgan fingerprint density at radius 1 is 0.939 bits per heavy atom. The van der Waals surface area contributed by atoms with Gasteiger partial charge in [-0.05, 0) is 31.0 Å². The molecule has 1 saturated carbocycles. The molecule has 0 radical (unpaired) electrons. The van der Waals surface area contributed by atoms with Gasteiger partial charge in [0.1, 0.15) is 22.9 Å². The molecule has 0 bridgehead atoms. The van der Waals surface area contributed by atoms with Crippen molar-refractivity contribution in [1.82, 2.24) is 19.4 Å². The molecule has 1 fully saturated rings. The van der Waals surface area contributed by atoms with Crippen LogP contribution in [0.25, 0.3) is 38.9 Å². The average Bonchev–Trinajstić information content (AvgIpc) is 3.25. The van der Waals surface area contributed by atoms with Crippen LogP contribution >= 0.6 is 11.6 Å². The molecule has 5 nitrogen and oxygen atoms in total. The van der Waals surface area contributed by atoms with Gasteiger partial charge in [0.15, 0.2) is 0 Å². The number of hydrogen-bond donors (Lipinski definition) is 1. The van der Waals surface area contributed by atoms with Crippen LogP contribution in [0.15, 0.2) is 67.0 Å². The average molecular weight is 454 g/mol. The summed E-state index contributed by atoms with van der Waals surface area (Å²) in [5, 5.41) is 1.63. The number of benzene rings is 2. The van der Waals surface area contributed by atoms with Gasteiger partial charge in [-0.15, -0.1) is 0 Å². The minimum atomic E-state index is 0.420. The first-order valence-corrected chi connectivity index (χ1v) is 11.9. The third-order valence-corrected chi connectivity index (χ3v) is 7.00. The van der Waals surface area contributed by atoms with E-state index in [-0.39, 0.29) is 0 Å². The van der Waals surface area contributed by atoms with Gasteiger partial charge in [0.2, 0.25) is 0 Å². The molecule has 0 amide bonds. The second-order valence-electron chi connectivity index (χ2n) is 8.77. The van der Waals surface area contributed by atoms with Crippen LogP contribution < -0.4 is 5.73 Å². The summed E-state index contributed by atoms with van der Waals surface area (Å²) >= 11 is 6.80. The lowest BCUT2D eigenvalue weighted by Crippen LogP contribution is -2.09. The van der Waals surface area contributed by atoms with Gasteiger partial charge in [0.25, 0.3) is 0 Å². The van der Waals surface area contributed by atoms with E-state index in [0.717, 1.165) is 57.6 Å².